The van der Waals surface area contributed by atoms with Crippen LogP contribution in [0.5, 0.6) is 5.75 Å². The van der Waals surface area contributed by atoms with Gasteiger partial charge in [-0.3, -0.25) is 0 Å². The molecular weight excluding hydrogens is 286 g/mol. The molecule has 1 aromatic rings. The molecule has 3 heteroatoms. The summed E-state index contributed by atoms with van der Waals surface area (Å²) in [5.74, 6) is 0.945. The van der Waals surface area contributed by atoms with Gasteiger partial charge in [-0.05, 0) is 43.5 Å². The molecule has 1 aromatic carbocycles. The van der Waals surface area contributed by atoms with Gasteiger partial charge in [-0.2, -0.15) is 0 Å². The summed E-state index contributed by atoms with van der Waals surface area (Å²) in [4.78, 5) is 0. The van der Waals surface area contributed by atoms with Crippen LogP contribution in [0.4, 0.5) is 0 Å². The summed E-state index contributed by atoms with van der Waals surface area (Å²) in [7, 11) is 0. The number of nitrogens with one attached hydrogen (secondary N) is 1. The van der Waals surface area contributed by atoms with E-state index < -0.39 is 0 Å². The smallest absolute Gasteiger partial charge is 0.119 e. The lowest BCUT2D eigenvalue weighted by Crippen LogP contribution is -2.16. The van der Waals surface area contributed by atoms with E-state index in [0.717, 1.165) is 38.3 Å². The van der Waals surface area contributed by atoms with Crippen LogP contribution >= 0.6 is 0 Å². The van der Waals surface area contributed by atoms with E-state index in [1.54, 1.807) is 0 Å². The predicted octanol–water partition coefficient (Wildman–Crippen LogP) is 4.69. The second-order valence-electron chi connectivity index (χ2n) is 6.53. The van der Waals surface area contributed by atoms with E-state index in [0.29, 0.717) is 6.61 Å². The van der Waals surface area contributed by atoms with Crippen molar-refractivity contribution in [1.29, 1.82) is 0 Å². The minimum atomic E-state index is 0.286. The SMILES string of the molecule is CCCCCCCCNCc1ccc(OCC2CCCO2)cc1. The first kappa shape index (κ1) is 18.3. The van der Waals surface area contributed by atoms with Crippen molar-refractivity contribution in [3.05, 3.63) is 29.8 Å². The van der Waals surface area contributed by atoms with Gasteiger partial charge < -0.3 is 14.8 Å². The van der Waals surface area contributed by atoms with Crippen molar-refractivity contribution in [2.24, 2.45) is 0 Å². The Balaban J connectivity index is 1.52. The van der Waals surface area contributed by atoms with E-state index in [1.165, 1.54) is 44.1 Å². The summed E-state index contributed by atoms with van der Waals surface area (Å²) in [5, 5.41) is 3.53. The Kier molecular flexibility index (Phi) is 9.12. The molecule has 1 heterocycles. The first-order valence-electron chi connectivity index (χ1n) is 9.42. The largest absolute Gasteiger partial charge is 0.491 e. The summed E-state index contributed by atoms with van der Waals surface area (Å²) in [6, 6.07) is 8.44. The zero-order valence-corrected chi connectivity index (χ0v) is 14.7. The van der Waals surface area contributed by atoms with Crippen LogP contribution in [0, 0.1) is 0 Å². The van der Waals surface area contributed by atoms with Gasteiger partial charge in [0.05, 0.1) is 6.10 Å². The quantitative estimate of drug-likeness (QED) is 0.567. The molecule has 1 aliphatic rings. The number of unbranched alkanes of at least 4 members (excludes halogenated alkanes) is 5. The lowest BCUT2D eigenvalue weighted by atomic mass is 10.1. The van der Waals surface area contributed by atoms with E-state index in [1.807, 2.05) is 0 Å². The number of benzene rings is 1. The second-order valence-corrected chi connectivity index (χ2v) is 6.53. The molecule has 1 N–H and O–H groups in total. The highest BCUT2D eigenvalue weighted by atomic mass is 16.5. The van der Waals surface area contributed by atoms with Crippen LogP contribution in [0.25, 0.3) is 0 Å². The molecule has 130 valence electrons. The maximum Gasteiger partial charge on any atom is 0.119 e. The van der Waals surface area contributed by atoms with Crippen molar-refractivity contribution in [3.8, 4) is 5.75 Å². The van der Waals surface area contributed by atoms with Gasteiger partial charge in [-0.1, -0.05) is 51.2 Å². The zero-order valence-electron chi connectivity index (χ0n) is 14.7. The predicted molar refractivity (Wildman–Crippen MR) is 96.0 cm³/mol. The zero-order chi connectivity index (χ0) is 16.2. The molecule has 1 aliphatic heterocycles. The van der Waals surface area contributed by atoms with Crippen molar-refractivity contribution in [1.82, 2.24) is 5.32 Å². The minimum Gasteiger partial charge on any atom is -0.491 e. The Morgan fingerprint density at radius 3 is 2.61 bits per heavy atom. The topological polar surface area (TPSA) is 30.5 Å². The summed E-state index contributed by atoms with van der Waals surface area (Å²) in [6.07, 6.45) is 10.7. The molecule has 3 nitrogen and oxygen atoms in total. The summed E-state index contributed by atoms with van der Waals surface area (Å²) >= 11 is 0. The van der Waals surface area contributed by atoms with Crippen LogP contribution in [-0.4, -0.2) is 25.9 Å². The lowest BCUT2D eigenvalue weighted by Gasteiger charge is -2.12. The number of rotatable bonds is 12. The van der Waals surface area contributed by atoms with E-state index >= 15 is 0 Å². The van der Waals surface area contributed by atoms with Gasteiger partial charge in [0, 0.05) is 13.2 Å². The standard InChI is InChI=1S/C20H33NO2/c1-2-3-4-5-6-7-14-21-16-18-10-12-19(13-11-18)23-17-20-9-8-15-22-20/h10-13,20-21H,2-9,14-17H2,1H3. The molecular formula is C20H33NO2. The third kappa shape index (κ3) is 7.85. The van der Waals surface area contributed by atoms with Crippen LogP contribution < -0.4 is 10.1 Å². The van der Waals surface area contributed by atoms with E-state index in [9.17, 15) is 0 Å². The molecule has 1 fully saturated rings. The average Bonchev–Trinajstić information content (AvgIpc) is 3.10. The molecule has 0 spiro atoms. The van der Waals surface area contributed by atoms with Gasteiger partial charge in [0.2, 0.25) is 0 Å². The molecule has 0 radical (unpaired) electrons. The number of ether oxygens (including phenoxy) is 2. The second kappa shape index (κ2) is 11.5. The number of hydrogen-bond acceptors (Lipinski definition) is 3. The fraction of sp³-hybridized carbons (Fsp3) is 0.700. The first-order chi connectivity index (χ1) is 11.4. The first-order valence-corrected chi connectivity index (χ1v) is 9.42. The fourth-order valence-corrected chi connectivity index (χ4v) is 2.93. The number of hydrogen-bond donors (Lipinski definition) is 1. The molecule has 1 saturated heterocycles. The summed E-state index contributed by atoms with van der Waals surface area (Å²) in [5.41, 5.74) is 1.32. The Labute approximate surface area is 141 Å². The monoisotopic (exact) mass is 319 g/mol. The Bertz CT molecular complexity index is 399. The maximum atomic E-state index is 5.79. The summed E-state index contributed by atoms with van der Waals surface area (Å²) < 4.78 is 11.4. The van der Waals surface area contributed by atoms with Crippen molar-refractivity contribution in [3.63, 3.8) is 0 Å². The molecule has 0 aromatic heterocycles. The molecule has 0 amide bonds. The van der Waals surface area contributed by atoms with E-state index in [2.05, 4.69) is 36.5 Å². The Morgan fingerprint density at radius 1 is 1.09 bits per heavy atom. The van der Waals surface area contributed by atoms with Crippen LogP contribution in [0.2, 0.25) is 0 Å². The van der Waals surface area contributed by atoms with Crippen molar-refractivity contribution in [2.75, 3.05) is 19.8 Å². The molecule has 0 bridgehead atoms. The molecule has 0 saturated carbocycles. The van der Waals surface area contributed by atoms with Gasteiger partial charge in [0.1, 0.15) is 12.4 Å². The Hall–Kier alpha value is -1.06. The van der Waals surface area contributed by atoms with Crippen LogP contribution in [0.1, 0.15) is 63.9 Å². The average molecular weight is 319 g/mol. The van der Waals surface area contributed by atoms with Crippen molar-refractivity contribution < 1.29 is 9.47 Å². The highest BCUT2D eigenvalue weighted by molar-refractivity contribution is 5.27. The highest BCUT2D eigenvalue weighted by Gasteiger charge is 2.15. The van der Waals surface area contributed by atoms with Crippen LogP contribution in [-0.2, 0) is 11.3 Å². The normalized spacial score (nSPS) is 17.5. The molecule has 1 atom stereocenters. The van der Waals surface area contributed by atoms with Crippen LogP contribution in [0.15, 0.2) is 24.3 Å². The highest BCUT2D eigenvalue weighted by Crippen LogP contribution is 2.16. The van der Waals surface area contributed by atoms with Crippen LogP contribution in [0.3, 0.4) is 0 Å². The minimum absolute atomic E-state index is 0.286. The summed E-state index contributed by atoms with van der Waals surface area (Å²) in [6.45, 7) is 5.89. The van der Waals surface area contributed by atoms with E-state index in [4.69, 9.17) is 9.47 Å². The molecule has 2 rings (SSSR count). The fourth-order valence-electron chi connectivity index (χ4n) is 2.93. The third-order valence-electron chi connectivity index (χ3n) is 4.42. The molecule has 23 heavy (non-hydrogen) atoms. The lowest BCUT2D eigenvalue weighted by molar-refractivity contribution is 0.0679. The van der Waals surface area contributed by atoms with Gasteiger partial charge in [0.25, 0.3) is 0 Å². The van der Waals surface area contributed by atoms with Gasteiger partial charge in [-0.25, -0.2) is 0 Å². The maximum absolute atomic E-state index is 5.79. The van der Waals surface area contributed by atoms with E-state index in [-0.39, 0.29) is 6.10 Å². The molecule has 0 aliphatic carbocycles. The van der Waals surface area contributed by atoms with Crippen molar-refractivity contribution in [2.45, 2.75) is 70.9 Å². The van der Waals surface area contributed by atoms with Crippen molar-refractivity contribution >= 4 is 0 Å². The van der Waals surface area contributed by atoms with Gasteiger partial charge in [-0.15, -0.1) is 0 Å². The molecule has 1 unspecified atom stereocenters. The Morgan fingerprint density at radius 2 is 1.87 bits per heavy atom. The third-order valence-corrected chi connectivity index (χ3v) is 4.42. The van der Waals surface area contributed by atoms with Gasteiger partial charge >= 0.3 is 0 Å². The van der Waals surface area contributed by atoms with Gasteiger partial charge in [0.15, 0.2) is 0 Å².